The fourth-order valence-corrected chi connectivity index (χ4v) is 10.0. The van der Waals surface area contributed by atoms with Crippen molar-refractivity contribution >= 4 is 121 Å². The molecule has 0 saturated carbocycles. The summed E-state index contributed by atoms with van der Waals surface area (Å²) in [6, 6.07) is 22.2. The first-order valence-electron chi connectivity index (χ1n) is 12.5. The highest BCUT2D eigenvalue weighted by atomic mass is 32.2. The molecule has 0 fully saturated rings. The third-order valence-corrected chi connectivity index (χ3v) is 12.6. The number of benzene rings is 2. The molecule has 40 heavy (non-hydrogen) atoms. The minimum atomic E-state index is 0.959. The molecule has 0 bridgehead atoms. The predicted molar refractivity (Wildman–Crippen MR) is 194 cm³/mol. The van der Waals surface area contributed by atoms with Crippen LogP contribution in [0.1, 0.15) is 20.2 Å². The van der Waals surface area contributed by atoms with Gasteiger partial charge in [0.2, 0.25) is 0 Å². The largest absolute Gasteiger partial charge is 0.142 e. The lowest BCUT2D eigenvalue weighted by atomic mass is 10.1. The molecule has 0 N–H and O–H groups in total. The number of hydrogen-bond donors (Lipinski definition) is 1. The van der Waals surface area contributed by atoms with Gasteiger partial charge in [0.25, 0.3) is 0 Å². The van der Waals surface area contributed by atoms with Crippen molar-refractivity contribution in [2.75, 3.05) is 0 Å². The molecule has 6 heteroatoms. The zero-order chi connectivity index (χ0) is 27.6. The van der Waals surface area contributed by atoms with Crippen LogP contribution in [-0.4, -0.2) is 0 Å². The molecule has 0 amide bonds. The normalized spacial score (nSPS) is 12.7. The SMILES string of the molecule is C=C/C=C(\SC=C)c1ccc(-c2ccc3c(c2)sc2c4ccc(/C=C/C=C(\S)c5ccc(C=C)s5)cc4sc32)s1. The van der Waals surface area contributed by atoms with Gasteiger partial charge in [0.15, 0.2) is 0 Å². The lowest BCUT2D eigenvalue weighted by Crippen LogP contribution is -1.71. The number of rotatable bonds is 9. The Labute approximate surface area is 260 Å². The standard InChI is InChI=1S/C34H24S6/c1-4-8-29(36-6-3)30-18-17-27(38-30)22-12-15-25-32(20-22)40-33-24-14-11-21(19-31(24)39-34(25)33)9-7-10-26(35)28-16-13-23(5-2)37-28/h4-20,35H,1-3H2/b9-7+,26-10-,29-8-. The first-order valence-corrected chi connectivity index (χ1v) is 17.1. The third-order valence-electron chi connectivity index (χ3n) is 6.34. The van der Waals surface area contributed by atoms with Gasteiger partial charge in [-0.15, -0.1) is 58.0 Å². The van der Waals surface area contributed by atoms with E-state index >= 15 is 0 Å². The molecule has 6 rings (SSSR count). The summed E-state index contributed by atoms with van der Waals surface area (Å²) in [4.78, 5) is 6.94. The maximum absolute atomic E-state index is 4.67. The zero-order valence-electron chi connectivity index (χ0n) is 21.4. The second-order valence-electron chi connectivity index (χ2n) is 8.86. The molecule has 4 heterocycles. The van der Waals surface area contributed by atoms with E-state index in [0.29, 0.717) is 0 Å². The highest BCUT2D eigenvalue weighted by molar-refractivity contribution is 8.11. The Kier molecular flexibility index (Phi) is 8.17. The highest BCUT2D eigenvalue weighted by Gasteiger charge is 2.14. The smallest absolute Gasteiger partial charge is 0.0542 e. The first kappa shape index (κ1) is 27.3. The van der Waals surface area contributed by atoms with Gasteiger partial charge in [0.05, 0.1) is 9.40 Å². The zero-order valence-corrected chi connectivity index (χ0v) is 26.4. The van der Waals surface area contributed by atoms with E-state index in [9.17, 15) is 0 Å². The molecule has 6 aromatic rings. The van der Waals surface area contributed by atoms with Crippen molar-refractivity contribution in [1.29, 1.82) is 0 Å². The van der Waals surface area contributed by atoms with Crippen LogP contribution in [0.15, 0.2) is 110 Å². The summed E-state index contributed by atoms with van der Waals surface area (Å²) in [7, 11) is 0. The van der Waals surface area contributed by atoms with Gasteiger partial charge in [-0.1, -0.05) is 80.1 Å². The molecule has 0 aliphatic carbocycles. The number of allylic oxidation sites excluding steroid dienone is 4. The fourth-order valence-electron chi connectivity index (χ4n) is 4.46. The van der Waals surface area contributed by atoms with Gasteiger partial charge < -0.3 is 0 Å². The molecule has 2 aromatic carbocycles. The summed E-state index contributed by atoms with van der Waals surface area (Å²) >= 11 is 13.6. The fraction of sp³-hybridized carbons (Fsp3) is 0. The second kappa shape index (κ2) is 12.0. The van der Waals surface area contributed by atoms with Crippen molar-refractivity contribution in [2.45, 2.75) is 0 Å². The number of fused-ring (bicyclic) bond motifs is 5. The lowest BCUT2D eigenvalue weighted by molar-refractivity contribution is 1.77. The summed E-state index contributed by atoms with van der Waals surface area (Å²) < 4.78 is 5.41. The van der Waals surface area contributed by atoms with Crippen LogP contribution in [0, 0.1) is 0 Å². The number of thiol groups is 1. The minimum Gasteiger partial charge on any atom is -0.142 e. The Balaban J connectivity index is 1.28. The van der Waals surface area contributed by atoms with Crippen molar-refractivity contribution in [2.24, 2.45) is 0 Å². The predicted octanol–water partition coefficient (Wildman–Crippen LogP) is 13.1. The first-order chi connectivity index (χ1) is 19.6. The second-order valence-corrected chi connectivity index (χ2v) is 14.7. The molecular formula is C34H24S6. The molecule has 0 nitrogen and oxygen atoms in total. The van der Waals surface area contributed by atoms with Gasteiger partial charge in [-0.2, -0.15) is 0 Å². The summed E-state index contributed by atoms with van der Waals surface area (Å²) in [5, 5.41) is 4.54. The van der Waals surface area contributed by atoms with Gasteiger partial charge in [-0.25, -0.2) is 0 Å². The Morgan fingerprint density at radius 2 is 1.50 bits per heavy atom. The number of thioether (sulfide) groups is 1. The van der Waals surface area contributed by atoms with E-state index in [1.54, 1.807) is 23.1 Å². The van der Waals surface area contributed by atoms with Crippen LogP contribution in [0.5, 0.6) is 0 Å². The summed E-state index contributed by atoms with van der Waals surface area (Å²) in [6.45, 7) is 11.6. The number of hydrogen-bond acceptors (Lipinski definition) is 6. The molecule has 0 saturated heterocycles. The highest BCUT2D eigenvalue weighted by Crippen LogP contribution is 2.46. The Morgan fingerprint density at radius 3 is 2.23 bits per heavy atom. The summed E-state index contributed by atoms with van der Waals surface area (Å²) in [5.74, 6) is 0. The molecular weight excluding hydrogens is 601 g/mol. The van der Waals surface area contributed by atoms with Gasteiger partial charge in [0, 0.05) is 49.5 Å². The van der Waals surface area contributed by atoms with Gasteiger partial charge in [0.1, 0.15) is 0 Å². The molecule has 0 atom stereocenters. The third kappa shape index (κ3) is 5.40. The van der Waals surface area contributed by atoms with E-state index in [4.69, 9.17) is 0 Å². The minimum absolute atomic E-state index is 0.959. The molecule has 196 valence electrons. The summed E-state index contributed by atoms with van der Waals surface area (Å²) in [6.07, 6.45) is 12.0. The number of thiophene rings is 4. The van der Waals surface area contributed by atoms with Crippen LogP contribution in [0.2, 0.25) is 0 Å². The molecule has 0 aliphatic heterocycles. The molecule has 0 aliphatic rings. The van der Waals surface area contributed by atoms with E-state index in [1.165, 1.54) is 55.4 Å². The van der Waals surface area contributed by atoms with E-state index < -0.39 is 0 Å². The average molecular weight is 625 g/mol. The monoisotopic (exact) mass is 624 g/mol. The maximum Gasteiger partial charge on any atom is 0.0542 e. The van der Waals surface area contributed by atoms with Gasteiger partial charge in [-0.05, 0) is 65.1 Å². The van der Waals surface area contributed by atoms with Gasteiger partial charge >= 0.3 is 0 Å². The van der Waals surface area contributed by atoms with Crippen LogP contribution in [0.4, 0.5) is 0 Å². The average Bonchev–Trinajstić information content (AvgIpc) is 3.76. The topological polar surface area (TPSA) is 0 Å². The molecule has 4 aromatic heterocycles. The van der Waals surface area contributed by atoms with Crippen molar-refractivity contribution in [3.8, 4) is 10.4 Å². The quantitative estimate of drug-likeness (QED) is 0.123. The van der Waals surface area contributed by atoms with Gasteiger partial charge in [-0.3, -0.25) is 0 Å². The van der Waals surface area contributed by atoms with Crippen LogP contribution >= 0.6 is 69.7 Å². The van der Waals surface area contributed by atoms with Crippen LogP contribution in [-0.2, 0) is 0 Å². The molecule has 0 radical (unpaired) electrons. The molecule has 0 unspecified atom stereocenters. The van der Waals surface area contributed by atoms with Crippen molar-refractivity contribution in [3.63, 3.8) is 0 Å². The Bertz CT molecular complexity index is 2000. The van der Waals surface area contributed by atoms with Crippen molar-refractivity contribution in [1.82, 2.24) is 0 Å². The van der Waals surface area contributed by atoms with Crippen LogP contribution in [0.25, 0.3) is 62.0 Å². The van der Waals surface area contributed by atoms with E-state index in [0.717, 1.165) is 14.7 Å². The van der Waals surface area contributed by atoms with E-state index in [-0.39, 0.29) is 0 Å². The van der Waals surface area contributed by atoms with Crippen molar-refractivity contribution in [3.05, 3.63) is 130 Å². The van der Waals surface area contributed by atoms with E-state index in [1.807, 2.05) is 57.6 Å². The Hall–Kier alpha value is -2.84. The summed E-state index contributed by atoms with van der Waals surface area (Å²) in [5.41, 5.74) is 2.45. The lowest BCUT2D eigenvalue weighted by Gasteiger charge is -2.00. The maximum atomic E-state index is 4.67. The van der Waals surface area contributed by atoms with Crippen LogP contribution in [0.3, 0.4) is 0 Å². The Morgan fingerprint density at radius 1 is 0.750 bits per heavy atom. The van der Waals surface area contributed by atoms with Crippen LogP contribution < -0.4 is 0 Å². The van der Waals surface area contributed by atoms with E-state index in [2.05, 4.69) is 111 Å². The molecule has 0 spiro atoms. The van der Waals surface area contributed by atoms with Crippen molar-refractivity contribution < 1.29 is 0 Å².